The van der Waals surface area contributed by atoms with Crippen molar-refractivity contribution in [3.63, 3.8) is 0 Å². The van der Waals surface area contributed by atoms with Crippen LogP contribution < -0.4 is 5.43 Å². The van der Waals surface area contributed by atoms with E-state index in [1.165, 1.54) is 23.1 Å². The van der Waals surface area contributed by atoms with E-state index < -0.39 is 5.91 Å². The summed E-state index contributed by atoms with van der Waals surface area (Å²) in [5.41, 5.74) is 4.88. The van der Waals surface area contributed by atoms with Gasteiger partial charge in [0.1, 0.15) is 12.1 Å². The molecule has 0 bridgehead atoms. The number of hydrogen-bond donors (Lipinski definition) is 2. The Kier molecular flexibility index (Phi) is 4.28. The first-order valence-corrected chi connectivity index (χ1v) is 7.11. The Bertz CT molecular complexity index is 872. The zero-order valence-electron chi connectivity index (χ0n) is 12.8. The molecule has 0 aliphatic heterocycles. The summed E-state index contributed by atoms with van der Waals surface area (Å²) in [5, 5.41) is 24.7. The molecule has 0 unspecified atom stereocenters. The monoisotopic (exact) mass is 322 g/mol. The van der Waals surface area contributed by atoms with Gasteiger partial charge in [0.05, 0.1) is 17.0 Å². The predicted molar refractivity (Wildman–Crippen MR) is 86.9 cm³/mol. The van der Waals surface area contributed by atoms with Gasteiger partial charge in [0.25, 0.3) is 5.91 Å². The average molecular weight is 322 g/mol. The average Bonchev–Trinajstić information content (AvgIpc) is 3.14. The van der Waals surface area contributed by atoms with Crippen molar-refractivity contribution in [2.45, 2.75) is 6.92 Å². The van der Waals surface area contributed by atoms with Crippen molar-refractivity contribution in [2.75, 3.05) is 0 Å². The molecule has 1 aromatic heterocycles. The van der Waals surface area contributed by atoms with Gasteiger partial charge in [0, 0.05) is 0 Å². The Morgan fingerprint density at radius 2 is 1.92 bits per heavy atom. The number of phenols is 1. The topological polar surface area (TPSA) is 105 Å². The molecule has 120 valence electrons. The molecule has 0 spiro atoms. The second-order valence-corrected chi connectivity index (χ2v) is 4.96. The summed E-state index contributed by atoms with van der Waals surface area (Å²) in [7, 11) is 0. The largest absolute Gasteiger partial charge is 0.507 e. The minimum absolute atomic E-state index is 0.0892. The highest BCUT2D eigenvalue weighted by atomic mass is 16.3. The second-order valence-electron chi connectivity index (χ2n) is 4.96. The lowest BCUT2D eigenvalue weighted by Crippen LogP contribution is -2.19. The third-order valence-corrected chi connectivity index (χ3v) is 3.37. The van der Waals surface area contributed by atoms with Crippen molar-refractivity contribution < 1.29 is 9.90 Å². The maximum absolute atomic E-state index is 12.0. The highest BCUT2D eigenvalue weighted by Gasteiger charge is 2.09. The van der Waals surface area contributed by atoms with E-state index in [0.29, 0.717) is 5.71 Å². The van der Waals surface area contributed by atoms with Crippen LogP contribution >= 0.6 is 0 Å². The molecular weight excluding hydrogens is 308 g/mol. The number of aromatic hydroxyl groups is 1. The summed E-state index contributed by atoms with van der Waals surface area (Å²) >= 11 is 0. The number of amides is 1. The summed E-state index contributed by atoms with van der Waals surface area (Å²) < 4.78 is 1.54. The van der Waals surface area contributed by atoms with Crippen LogP contribution in [0.15, 0.2) is 60.0 Å². The van der Waals surface area contributed by atoms with Gasteiger partial charge >= 0.3 is 0 Å². The predicted octanol–water partition coefficient (Wildman–Crippen LogP) is 1.52. The van der Waals surface area contributed by atoms with Crippen molar-refractivity contribution in [1.29, 1.82) is 0 Å². The Morgan fingerprint density at radius 3 is 2.58 bits per heavy atom. The van der Waals surface area contributed by atoms with Crippen molar-refractivity contribution >= 4 is 11.6 Å². The second kappa shape index (κ2) is 6.69. The van der Waals surface area contributed by atoms with Crippen molar-refractivity contribution in [2.24, 2.45) is 5.10 Å². The minimum atomic E-state index is -0.474. The smallest absolute Gasteiger partial charge is 0.275 e. The van der Waals surface area contributed by atoms with Crippen LogP contribution in [0.1, 0.15) is 22.8 Å². The zero-order chi connectivity index (χ0) is 16.9. The first kappa shape index (κ1) is 15.3. The molecule has 0 aliphatic rings. The van der Waals surface area contributed by atoms with Gasteiger partial charge in [0.2, 0.25) is 0 Å². The molecule has 8 heteroatoms. The van der Waals surface area contributed by atoms with Crippen LogP contribution in [0.5, 0.6) is 5.75 Å². The third-order valence-electron chi connectivity index (χ3n) is 3.37. The maximum Gasteiger partial charge on any atom is 0.275 e. The number of para-hydroxylation sites is 1. The number of hydrogen-bond acceptors (Lipinski definition) is 6. The number of carbonyl (C=O) groups is 1. The highest BCUT2D eigenvalue weighted by Crippen LogP contribution is 2.15. The molecule has 0 saturated heterocycles. The van der Waals surface area contributed by atoms with E-state index in [1.54, 1.807) is 19.1 Å². The molecular formula is C16H14N6O2. The van der Waals surface area contributed by atoms with Gasteiger partial charge in [-0.1, -0.05) is 24.3 Å². The fourth-order valence-electron chi connectivity index (χ4n) is 2.06. The molecule has 3 rings (SSSR count). The SMILES string of the molecule is C/C(=N/NC(=O)c1ccccc1O)c1ccc(-n2cnnn2)cc1. The van der Waals surface area contributed by atoms with Gasteiger partial charge in [-0.15, -0.1) is 5.10 Å². The summed E-state index contributed by atoms with van der Waals surface area (Å²) in [6.07, 6.45) is 1.50. The van der Waals surface area contributed by atoms with Crippen LogP contribution in [-0.4, -0.2) is 36.9 Å². The number of rotatable bonds is 4. The summed E-state index contributed by atoms with van der Waals surface area (Å²) in [6, 6.07) is 13.7. The van der Waals surface area contributed by atoms with Crippen LogP contribution in [0.2, 0.25) is 0 Å². The first-order chi connectivity index (χ1) is 11.6. The molecule has 0 atom stereocenters. The number of nitrogens with one attached hydrogen (secondary N) is 1. The van der Waals surface area contributed by atoms with Gasteiger partial charge in [-0.25, -0.2) is 10.1 Å². The molecule has 0 radical (unpaired) electrons. The number of tetrazole rings is 1. The van der Waals surface area contributed by atoms with Gasteiger partial charge < -0.3 is 5.11 Å². The number of nitrogens with zero attached hydrogens (tertiary/aromatic N) is 5. The van der Waals surface area contributed by atoms with Crippen molar-refractivity contribution in [3.8, 4) is 11.4 Å². The molecule has 0 fully saturated rings. The van der Waals surface area contributed by atoms with Crippen LogP contribution in [0.25, 0.3) is 5.69 Å². The quantitative estimate of drug-likeness (QED) is 0.559. The van der Waals surface area contributed by atoms with Gasteiger partial charge in [-0.05, 0) is 47.2 Å². The molecule has 8 nitrogen and oxygen atoms in total. The fraction of sp³-hybridized carbons (Fsp3) is 0.0625. The van der Waals surface area contributed by atoms with E-state index in [2.05, 4.69) is 26.1 Å². The maximum atomic E-state index is 12.0. The van der Waals surface area contributed by atoms with Crippen LogP contribution in [0.4, 0.5) is 0 Å². The molecule has 3 aromatic rings. The summed E-state index contributed by atoms with van der Waals surface area (Å²) in [5.74, 6) is -0.564. The third kappa shape index (κ3) is 3.27. The normalized spacial score (nSPS) is 11.3. The number of phenolic OH excluding ortho intramolecular Hbond substituents is 1. The lowest BCUT2D eigenvalue weighted by Gasteiger charge is -2.05. The Labute approximate surface area is 137 Å². The van der Waals surface area contributed by atoms with Crippen LogP contribution in [0.3, 0.4) is 0 Å². The number of hydrazone groups is 1. The van der Waals surface area contributed by atoms with E-state index in [4.69, 9.17) is 0 Å². The molecule has 0 aliphatic carbocycles. The van der Waals surface area contributed by atoms with Crippen molar-refractivity contribution in [3.05, 3.63) is 66.0 Å². The van der Waals surface area contributed by atoms with Crippen LogP contribution in [-0.2, 0) is 0 Å². The summed E-state index contributed by atoms with van der Waals surface area (Å²) in [6.45, 7) is 1.77. The molecule has 2 aromatic carbocycles. The zero-order valence-corrected chi connectivity index (χ0v) is 12.8. The standard InChI is InChI=1S/C16H14N6O2/c1-11(18-19-16(24)14-4-2-3-5-15(14)23)12-6-8-13(9-7-12)22-10-17-20-21-22/h2-10,23H,1H3,(H,19,24)/b18-11-. The van der Waals surface area contributed by atoms with Crippen LogP contribution in [0, 0.1) is 0 Å². The van der Waals surface area contributed by atoms with Gasteiger partial charge in [0.15, 0.2) is 0 Å². The first-order valence-electron chi connectivity index (χ1n) is 7.11. The van der Waals surface area contributed by atoms with E-state index >= 15 is 0 Å². The molecule has 1 amide bonds. The minimum Gasteiger partial charge on any atom is -0.507 e. The highest BCUT2D eigenvalue weighted by molar-refractivity contribution is 6.01. The lowest BCUT2D eigenvalue weighted by atomic mass is 10.1. The Hall–Kier alpha value is -3.55. The van der Waals surface area contributed by atoms with Gasteiger partial charge in [-0.2, -0.15) is 5.10 Å². The van der Waals surface area contributed by atoms with E-state index in [0.717, 1.165) is 11.3 Å². The molecule has 24 heavy (non-hydrogen) atoms. The Morgan fingerprint density at radius 1 is 1.17 bits per heavy atom. The van der Waals surface area contributed by atoms with E-state index in [-0.39, 0.29) is 11.3 Å². The van der Waals surface area contributed by atoms with E-state index in [9.17, 15) is 9.90 Å². The molecule has 0 saturated carbocycles. The van der Waals surface area contributed by atoms with Crippen molar-refractivity contribution in [1.82, 2.24) is 25.6 Å². The molecule has 1 heterocycles. The Balaban J connectivity index is 1.72. The summed E-state index contributed by atoms with van der Waals surface area (Å²) in [4.78, 5) is 12.0. The number of benzene rings is 2. The number of carbonyl (C=O) groups excluding carboxylic acids is 1. The van der Waals surface area contributed by atoms with E-state index in [1.807, 2.05) is 24.3 Å². The number of aromatic nitrogens is 4. The lowest BCUT2D eigenvalue weighted by molar-refractivity contribution is 0.0952. The fourth-order valence-corrected chi connectivity index (χ4v) is 2.06. The van der Waals surface area contributed by atoms with Gasteiger partial charge in [-0.3, -0.25) is 4.79 Å². The molecule has 2 N–H and O–H groups in total.